The van der Waals surface area contributed by atoms with Gasteiger partial charge in [-0.15, -0.1) is 0 Å². The molecule has 33 heteroatoms. The number of primary amides is 1. The number of amides is 10. The first-order valence-corrected chi connectivity index (χ1v) is 32.7. The van der Waals surface area contributed by atoms with Gasteiger partial charge in [-0.05, 0) is 125 Å². The fraction of sp³-hybridized carbons (Fsp3) is 0.603. The highest BCUT2D eigenvalue weighted by atomic mass is 16.3. The van der Waals surface area contributed by atoms with Crippen molar-refractivity contribution in [1.29, 1.82) is 0 Å². The number of nitrogens with two attached hydrogens (primary N) is 9. The quantitative estimate of drug-likeness (QED) is 0.0169. The Kier molecular flexibility index (Phi) is 36.7. The van der Waals surface area contributed by atoms with Crippen LogP contribution in [-0.4, -0.2) is 194 Å². The molecule has 0 spiro atoms. The molecule has 1 heterocycles. The summed E-state index contributed by atoms with van der Waals surface area (Å²) in [6.45, 7) is 7.15. The number of benzene rings is 2. The molecule has 534 valence electrons. The summed E-state index contributed by atoms with van der Waals surface area (Å²) in [5.74, 6) is -7.78. The van der Waals surface area contributed by atoms with Crippen LogP contribution in [0.5, 0.6) is 5.75 Å². The molecule has 1 aliphatic rings. The van der Waals surface area contributed by atoms with E-state index in [1.54, 1.807) is 56.3 Å². The number of aromatic hydroxyl groups is 1. The predicted octanol–water partition coefficient (Wildman–Crippen LogP) is -4.54. The maximum atomic E-state index is 14.8. The van der Waals surface area contributed by atoms with E-state index in [4.69, 9.17) is 51.6 Å². The summed E-state index contributed by atoms with van der Waals surface area (Å²) in [6.07, 6.45) is 3.74. The number of nitrogens with zero attached hydrogens (tertiary/aromatic N) is 4. The highest BCUT2D eigenvalue weighted by Gasteiger charge is 2.40. The van der Waals surface area contributed by atoms with Crippen LogP contribution in [0.25, 0.3) is 0 Å². The highest BCUT2D eigenvalue weighted by molar-refractivity contribution is 5.97. The van der Waals surface area contributed by atoms with E-state index in [0.717, 1.165) is 0 Å². The maximum Gasteiger partial charge on any atom is 0.245 e. The minimum atomic E-state index is -1.31. The van der Waals surface area contributed by atoms with E-state index in [1.807, 2.05) is 13.8 Å². The van der Waals surface area contributed by atoms with Crippen LogP contribution in [0.15, 0.2) is 69.6 Å². The van der Waals surface area contributed by atoms with Gasteiger partial charge < -0.3 is 109 Å². The lowest BCUT2D eigenvalue weighted by Gasteiger charge is -2.32. The Bertz CT molecular complexity index is 2910. The zero-order valence-electron chi connectivity index (χ0n) is 55.8. The molecule has 0 unspecified atom stereocenters. The number of nitrogens with one attached hydrogen (secondary N) is 9. The Morgan fingerprint density at radius 3 is 1.69 bits per heavy atom. The topological polar surface area (TPSA) is 574 Å². The fourth-order valence-corrected chi connectivity index (χ4v) is 10.6. The Balaban J connectivity index is 1.89. The van der Waals surface area contributed by atoms with Crippen LogP contribution in [0.3, 0.4) is 0 Å². The number of hydrogen-bond donors (Lipinski definition) is 19. The molecule has 2 aromatic carbocycles. The third-order valence-electron chi connectivity index (χ3n) is 15.9. The number of hydrogen-bond acceptors (Lipinski definition) is 17. The number of guanidine groups is 3. The molecule has 1 fully saturated rings. The summed E-state index contributed by atoms with van der Waals surface area (Å²) in [6, 6.07) is 5.30. The molecule has 2 aromatic rings. The van der Waals surface area contributed by atoms with Crippen molar-refractivity contribution < 1.29 is 53.1 Å². The summed E-state index contributed by atoms with van der Waals surface area (Å²) >= 11 is 0. The molecular weight excluding hydrogens is 1240 g/mol. The van der Waals surface area contributed by atoms with Crippen molar-refractivity contribution in [2.24, 2.45) is 78.4 Å². The lowest BCUT2D eigenvalue weighted by Crippen LogP contribution is -2.60. The summed E-state index contributed by atoms with van der Waals surface area (Å²) < 4.78 is 0. The van der Waals surface area contributed by atoms with Crippen LogP contribution in [0.4, 0.5) is 0 Å². The third-order valence-corrected chi connectivity index (χ3v) is 15.9. The molecule has 0 aromatic heterocycles. The Hall–Kier alpha value is -9.37. The molecule has 1 saturated heterocycles. The zero-order chi connectivity index (χ0) is 71.3. The number of unbranched alkanes of at least 4 members (excludes halogenated alkanes) is 1. The number of phenolic OH excluding ortho intramolecular Hbond substituents is 1. The number of likely N-dealkylation sites (tertiary alicyclic amines) is 1. The molecule has 0 bridgehead atoms. The second-order valence-corrected chi connectivity index (χ2v) is 24.4. The van der Waals surface area contributed by atoms with Crippen LogP contribution in [0, 0.1) is 11.8 Å². The number of aliphatic imine (C=N–C) groups is 3. The summed E-state index contributed by atoms with van der Waals surface area (Å²) in [5.41, 5.74) is 52.4. The monoisotopic (exact) mass is 1350 g/mol. The molecule has 3 rings (SSSR count). The first-order valence-electron chi connectivity index (χ1n) is 32.7. The van der Waals surface area contributed by atoms with E-state index >= 15 is 0 Å². The van der Waals surface area contributed by atoms with Crippen LogP contribution in [-0.2, 0) is 60.8 Å². The average Bonchev–Trinajstić information content (AvgIpc) is 1.69. The molecule has 10 amide bonds. The van der Waals surface area contributed by atoms with Gasteiger partial charge in [-0.3, -0.25) is 62.9 Å². The fourth-order valence-electron chi connectivity index (χ4n) is 10.6. The minimum Gasteiger partial charge on any atom is -0.508 e. The van der Waals surface area contributed by atoms with Crippen molar-refractivity contribution in [2.75, 3.05) is 52.4 Å². The Morgan fingerprint density at radius 1 is 0.573 bits per heavy atom. The number of carbonyl (C=O) groups is 10. The van der Waals surface area contributed by atoms with Crippen LogP contribution in [0.1, 0.15) is 122 Å². The van der Waals surface area contributed by atoms with Gasteiger partial charge in [0, 0.05) is 45.2 Å². The van der Waals surface area contributed by atoms with Gasteiger partial charge in [-0.2, -0.15) is 0 Å². The van der Waals surface area contributed by atoms with Gasteiger partial charge in [0.2, 0.25) is 59.1 Å². The molecule has 96 heavy (non-hydrogen) atoms. The van der Waals surface area contributed by atoms with Gasteiger partial charge in [-0.1, -0.05) is 76.6 Å². The van der Waals surface area contributed by atoms with Crippen molar-refractivity contribution in [2.45, 2.75) is 178 Å². The molecule has 1 aliphatic heterocycles. The van der Waals surface area contributed by atoms with Crippen LogP contribution >= 0.6 is 0 Å². The molecule has 28 N–H and O–H groups in total. The largest absolute Gasteiger partial charge is 0.508 e. The van der Waals surface area contributed by atoms with E-state index in [0.29, 0.717) is 49.8 Å². The molecule has 0 saturated carbocycles. The summed E-state index contributed by atoms with van der Waals surface area (Å²) in [7, 11) is 0. The number of carbonyl (C=O) groups excluding carboxylic acids is 10. The molecule has 10 atom stereocenters. The van der Waals surface area contributed by atoms with Crippen molar-refractivity contribution in [3.05, 3.63) is 65.7 Å². The van der Waals surface area contributed by atoms with Crippen LogP contribution in [0.2, 0.25) is 0 Å². The van der Waals surface area contributed by atoms with Crippen molar-refractivity contribution in [3.63, 3.8) is 0 Å². The van der Waals surface area contributed by atoms with Crippen molar-refractivity contribution in [3.8, 4) is 5.75 Å². The van der Waals surface area contributed by atoms with Gasteiger partial charge in [0.1, 0.15) is 42.0 Å². The standard InChI is InChI=1S/C63H106N22O11/c1-5-38(4)52(59(95)83-47(20-13-29-75-63(71)72)60(96)85-30-14-21-49(85)58(94)81-44(53(66)89)17-9-10-26-64)84-56(92)46(19-12-28-74-62(69)70)82-55(91)45(18-11-27-73-61(67)68)76-34-41(31-37(2)3)79-57(93)48(33-39-15-7-6-8-16-39)80-51(88)36-77-50(87)35-78-54(90)43(65)32-40-22-24-42(86)25-23-40/h6-8,15-16,22-25,37-38,41,43-49,52,76,86H,5,9-14,17-21,26-36,64-65H2,1-4H3,(H2,66,89)(H,77,87)(H,78,90)(H,79,93)(H,80,88)(H,81,94)(H,82,91)(H,83,95)(H,84,92)(H4,67,68,73)(H4,69,70,74)(H4,71,72,75)/t38-,41-,43-,44-,45-,46-,47-,48-,49-,52-/m0/s1. The maximum absolute atomic E-state index is 14.8. The molecule has 0 radical (unpaired) electrons. The highest BCUT2D eigenvalue weighted by Crippen LogP contribution is 2.22. The third kappa shape index (κ3) is 31.2. The van der Waals surface area contributed by atoms with Crippen molar-refractivity contribution in [1.82, 2.24) is 52.8 Å². The summed E-state index contributed by atoms with van der Waals surface area (Å²) in [4.78, 5) is 152. The van der Waals surface area contributed by atoms with Gasteiger partial charge in [-0.25, -0.2) is 0 Å². The van der Waals surface area contributed by atoms with E-state index in [2.05, 4.69) is 62.8 Å². The second-order valence-electron chi connectivity index (χ2n) is 24.4. The Morgan fingerprint density at radius 2 is 1.11 bits per heavy atom. The van der Waals surface area contributed by atoms with Gasteiger partial charge in [0.05, 0.1) is 25.2 Å². The van der Waals surface area contributed by atoms with E-state index in [-0.39, 0.29) is 126 Å². The van der Waals surface area contributed by atoms with E-state index < -0.39 is 132 Å². The van der Waals surface area contributed by atoms with Gasteiger partial charge >= 0.3 is 0 Å². The van der Waals surface area contributed by atoms with Crippen LogP contribution < -0.4 is 99.5 Å². The molecular formula is C63H106N22O11. The zero-order valence-corrected chi connectivity index (χ0v) is 55.8. The first-order chi connectivity index (χ1) is 45.6. The number of rotatable bonds is 45. The first kappa shape index (κ1) is 80.9. The lowest BCUT2D eigenvalue weighted by molar-refractivity contribution is -0.142. The van der Waals surface area contributed by atoms with Gasteiger partial charge in [0.15, 0.2) is 17.9 Å². The predicted molar refractivity (Wildman–Crippen MR) is 365 cm³/mol. The lowest BCUT2D eigenvalue weighted by atomic mass is 9.96. The normalized spacial score (nSPS) is 15.4. The SMILES string of the molecule is CC[C@H](C)[C@H](NC(=O)[C@H](CCCN=C(N)N)NC(=O)[C@H](CCCN=C(N)N)NC[C@H](CC(C)C)NC(=O)[C@H](Cc1ccccc1)NC(=O)CNC(=O)CNC(=O)[C@@H](N)Cc1ccc(O)cc1)C(=O)N[C@@H](CCCN=C(N)N)C(=O)N1CCC[C@H]1C(=O)N[C@@H](CCCCN)C(N)=O. The average molecular weight is 1350 g/mol. The minimum absolute atomic E-state index is 0.00782. The van der Waals surface area contributed by atoms with Gasteiger partial charge in [0.25, 0.3) is 0 Å². The van der Waals surface area contributed by atoms with E-state index in [9.17, 15) is 53.1 Å². The van der Waals surface area contributed by atoms with Crippen molar-refractivity contribution >= 4 is 77.0 Å². The summed E-state index contributed by atoms with van der Waals surface area (Å²) in [5, 5.41) is 34.7. The Labute approximate surface area is 561 Å². The molecule has 33 nitrogen and oxygen atoms in total. The smallest absolute Gasteiger partial charge is 0.245 e. The van der Waals surface area contributed by atoms with E-state index in [1.165, 1.54) is 17.0 Å². The second kappa shape index (κ2) is 43.6. The molecule has 0 aliphatic carbocycles. The number of phenols is 1.